The van der Waals surface area contributed by atoms with Gasteiger partial charge in [-0.25, -0.2) is 0 Å². The molecule has 84 valence electrons. The van der Waals surface area contributed by atoms with Crippen LogP contribution >= 0.6 is 15.9 Å². The van der Waals surface area contributed by atoms with Crippen LogP contribution in [0.15, 0.2) is 54.6 Å². The van der Waals surface area contributed by atoms with E-state index in [4.69, 9.17) is 4.74 Å². The molecule has 0 aromatic heterocycles. The van der Waals surface area contributed by atoms with Crippen molar-refractivity contribution in [2.45, 2.75) is 11.5 Å². The Kier molecular flexibility index (Phi) is 3.62. The Morgan fingerprint density at radius 3 is 2.31 bits per heavy atom. The van der Waals surface area contributed by atoms with Crippen molar-refractivity contribution in [2.75, 3.05) is 12.4 Å². The Hall–Kier alpha value is -0.860. The zero-order valence-electron chi connectivity index (χ0n) is 9.27. The first-order chi connectivity index (χ1) is 7.79. The number of hydrogen-bond donors (Lipinski definition) is 0. The zero-order valence-corrected chi connectivity index (χ0v) is 10.9. The lowest BCUT2D eigenvalue weighted by Crippen LogP contribution is -2.30. The second-order valence-corrected chi connectivity index (χ2v) is 4.51. The van der Waals surface area contributed by atoms with Gasteiger partial charge in [-0.1, -0.05) is 70.6 Å². The third-order valence-corrected chi connectivity index (χ3v) is 3.82. The molecule has 16 heavy (non-hydrogen) atoms. The largest absolute Gasteiger partial charge is 0.369 e. The van der Waals surface area contributed by atoms with Crippen molar-refractivity contribution >= 4 is 15.9 Å². The molecule has 0 atom stereocenters. The Bertz CT molecular complexity index is 374. The van der Waals surface area contributed by atoms with Crippen LogP contribution < -0.4 is 0 Å². The van der Waals surface area contributed by atoms with Crippen molar-refractivity contribution in [3.63, 3.8) is 0 Å². The number of halogens is 1. The molecule has 0 aliphatic heterocycles. The number of allylic oxidation sites excluding steroid dienone is 2. The normalized spacial score (nSPS) is 28.2. The molecule has 0 spiro atoms. The minimum Gasteiger partial charge on any atom is -0.369 e. The summed E-state index contributed by atoms with van der Waals surface area (Å²) < 4.78 is 5.49. The molecule has 1 aromatic carbocycles. The number of hydrogen-bond acceptors (Lipinski definition) is 1. The first-order valence-corrected chi connectivity index (χ1v) is 6.46. The fraction of sp³-hybridized carbons (Fsp3) is 0.286. The van der Waals surface area contributed by atoms with Crippen LogP contribution in [0.3, 0.4) is 0 Å². The van der Waals surface area contributed by atoms with Crippen molar-refractivity contribution in [2.24, 2.45) is 0 Å². The molecular formula is C14H15BrO. The van der Waals surface area contributed by atoms with E-state index in [1.165, 1.54) is 5.56 Å². The van der Waals surface area contributed by atoms with E-state index < -0.39 is 0 Å². The Labute approximate surface area is 105 Å². The predicted molar refractivity (Wildman–Crippen MR) is 71.0 cm³/mol. The lowest BCUT2D eigenvalue weighted by Gasteiger charge is -2.27. The van der Waals surface area contributed by atoms with E-state index in [0.29, 0.717) is 5.92 Å². The maximum atomic E-state index is 5.49. The quantitative estimate of drug-likeness (QED) is 0.606. The lowest BCUT2D eigenvalue weighted by molar-refractivity contribution is 0.0941. The number of alkyl halides is 1. The highest BCUT2D eigenvalue weighted by molar-refractivity contribution is 9.09. The predicted octanol–water partition coefficient (Wildman–Crippen LogP) is 3.68. The molecule has 0 amide bonds. The molecule has 0 bridgehead atoms. The average molecular weight is 279 g/mol. The van der Waals surface area contributed by atoms with Crippen LogP contribution in [0.1, 0.15) is 11.5 Å². The van der Waals surface area contributed by atoms with Gasteiger partial charge in [0.05, 0.1) is 0 Å². The molecule has 0 radical (unpaired) electrons. The van der Waals surface area contributed by atoms with Crippen molar-refractivity contribution in [1.82, 2.24) is 0 Å². The molecule has 1 nitrogen and oxygen atoms in total. The highest BCUT2D eigenvalue weighted by Crippen LogP contribution is 2.29. The number of rotatable bonds is 3. The van der Waals surface area contributed by atoms with Crippen molar-refractivity contribution in [1.29, 1.82) is 0 Å². The Balaban J connectivity index is 2.18. The standard InChI is InChI=1S/C14H15BrO/c1-16-14(11-15)9-7-13(8-10-14)12-5-3-2-4-6-12/h2-10,13H,11H2,1H3. The molecule has 1 aliphatic rings. The van der Waals surface area contributed by atoms with Crippen LogP contribution in [-0.4, -0.2) is 18.0 Å². The van der Waals surface area contributed by atoms with Crippen LogP contribution in [0.2, 0.25) is 0 Å². The molecular weight excluding hydrogens is 264 g/mol. The zero-order chi connectivity index (χ0) is 11.4. The molecule has 2 rings (SSSR count). The maximum absolute atomic E-state index is 5.49. The fourth-order valence-electron chi connectivity index (χ4n) is 1.83. The summed E-state index contributed by atoms with van der Waals surface area (Å²) in [6.07, 6.45) is 8.64. The van der Waals surface area contributed by atoms with Gasteiger partial charge in [-0.15, -0.1) is 0 Å². The van der Waals surface area contributed by atoms with Crippen LogP contribution in [0.4, 0.5) is 0 Å². The molecule has 2 heteroatoms. The summed E-state index contributed by atoms with van der Waals surface area (Å²) in [5.41, 5.74) is 1.04. The summed E-state index contributed by atoms with van der Waals surface area (Å²) >= 11 is 3.48. The van der Waals surface area contributed by atoms with Crippen LogP contribution in [-0.2, 0) is 4.74 Å². The highest BCUT2D eigenvalue weighted by Gasteiger charge is 2.25. The third kappa shape index (κ3) is 2.28. The van der Waals surface area contributed by atoms with Crippen molar-refractivity contribution in [3.05, 3.63) is 60.2 Å². The lowest BCUT2D eigenvalue weighted by atomic mass is 9.89. The van der Waals surface area contributed by atoms with Crippen molar-refractivity contribution < 1.29 is 4.74 Å². The van der Waals surface area contributed by atoms with Crippen LogP contribution in [0.5, 0.6) is 0 Å². The SMILES string of the molecule is COC1(CBr)C=CC(c2ccccc2)C=C1. The van der Waals surface area contributed by atoms with Gasteiger partial charge in [0, 0.05) is 18.4 Å². The first-order valence-electron chi connectivity index (χ1n) is 5.34. The monoisotopic (exact) mass is 278 g/mol. The highest BCUT2D eigenvalue weighted by atomic mass is 79.9. The van der Waals surface area contributed by atoms with E-state index in [1.54, 1.807) is 7.11 Å². The summed E-state index contributed by atoms with van der Waals surface area (Å²) in [6.45, 7) is 0. The average Bonchev–Trinajstić information content (AvgIpc) is 2.40. The number of benzene rings is 1. The van der Waals surface area contributed by atoms with Gasteiger partial charge in [0.1, 0.15) is 5.60 Å². The number of ether oxygens (including phenoxy) is 1. The Morgan fingerprint density at radius 2 is 1.81 bits per heavy atom. The molecule has 0 fully saturated rings. The summed E-state index contributed by atoms with van der Waals surface area (Å²) in [4.78, 5) is 0. The summed E-state index contributed by atoms with van der Waals surface area (Å²) in [5.74, 6) is 0.364. The van der Waals surface area contributed by atoms with E-state index in [1.807, 2.05) is 6.07 Å². The molecule has 1 aromatic rings. The van der Waals surface area contributed by atoms with E-state index in [9.17, 15) is 0 Å². The molecule has 1 aliphatic carbocycles. The Morgan fingerprint density at radius 1 is 1.19 bits per heavy atom. The fourth-order valence-corrected chi connectivity index (χ4v) is 2.43. The second kappa shape index (κ2) is 4.98. The van der Waals surface area contributed by atoms with Gasteiger partial charge >= 0.3 is 0 Å². The minimum atomic E-state index is -0.273. The molecule has 0 unspecified atom stereocenters. The van der Waals surface area contributed by atoms with Crippen LogP contribution in [0, 0.1) is 0 Å². The van der Waals surface area contributed by atoms with Gasteiger partial charge in [0.2, 0.25) is 0 Å². The maximum Gasteiger partial charge on any atom is 0.114 e. The molecule has 0 heterocycles. The third-order valence-electron chi connectivity index (χ3n) is 2.94. The van der Waals surface area contributed by atoms with E-state index >= 15 is 0 Å². The summed E-state index contributed by atoms with van der Waals surface area (Å²) in [6, 6.07) is 10.5. The molecule has 0 N–H and O–H groups in total. The summed E-state index contributed by atoms with van der Waals surface area (Å²) in [7, 11) is 1.73. The van der Waals surface area contributed by atoms with E-state index in [-0.39, 0.29) is 5.60 Å². The second-order valence-electron chi connectivity index (χ2n) is 3.95. The smallest absolute Gasteiger partial charge is 0.114 e. The number of methoxy groups -OCH3 is 1. The van der Waals surface area contributed by atoms with E-state index in [2.05, 4.69) is 64.5 Å². The van der Waals surface area contributed by atoms with Gasteiger partial charge in [-0.2, -0.15) is 0 Å². The van der Waals surface area contributed by atoms with E-state index in [0.717, 1.165) is 5.33 Å². The minimum absolute atomic E-state index is 0.273. The van der Waals surface area contributed by atoms with Gasteiger partial charge in [0.15, 0.2) is 0 Å². The van der Waals surface area contributed by atoms with Gasteiger partial charge < -0.3 is 4.74 Å². The van der Waals surface area contributed by atoms with Gasteiger partial charge in [-0.3, -0.25) is 0 Å². The topological polar surface area (TPSA) is 9.23 Å². The van der Waals surface area contributed by atoms with Crippen LogP contribution in [0.25, 0.3) is 0 Å². The van der Waals surface area contributed by atoms with Crippen molar-refractivity contribution in [3.8, 4) is 0 Å². The van der Waals surface area contributed by atoms with Gasteiger partial charge in [-0.05, 0) is 5.56 Å². The molecule has 0 saturated carbocycles. The summed E-state index contributed by atoms with van der Waals surface area (Å²) in [5, 5.41) is 0.783. The molecule has 0 saturated heterocycles. The van der Waals surface area contributed by atoms with Gasteiger partial charge in [0.25, 0.3) is 0 Å². The first kappa shape index (κ1) is 11.6.